The highest BCUT2D eigenvalue weighted by molar-refractivity contribution is 14.1. The Morgan fingerprint density at radius 1 is 1.07 bits per heavy atom. The van der Waals surface area contributed by atoms with Crippen LogP contribution in [0.3, 0.4) is 0 Å². The van der Waals surface area contributed by atoms with Gasteiger partial charge in [-0.15, -0.1) is 0 Å². The molecule has 1 fully saturated rings. The van der Waals surface area contributed by atoms with Crippen LogP contribution in [0.25, 0.3) is 0 Å². The highest BCUT2D eigenvalue weighted by Gasteiger charge is 2.14. The Morgan fingerprint density at radius 3 is 2.27 bits per heavy atom. The number of halogens is 1. The van der Waals surface area contributed by atoms with Crippen molar-refractivity contribution in [3.05, 3.63) is 33.4 Å². The van der Waals surface area contributed by atoms with Gasteiger partial charge in [0.25, 0.3) is 0 Å². The SMILES string of the molecule is S=C(c1ccc(I)cc1)N1CCCCC1. The molecule has 0 bridgehead atoms. The molecule has 0 aromatic heterocycles. The number of thiocarbonyl (C=S) groups is 1. The third kappa shape index (κ3) is 2.91. The summed E-state index contributed by atoms with van der Waals surface area (Å²) < 4.78 is 1.26. The van der Waals surface area contributed by atoms with Crippen molar-refractivity contribution in [2.75, 3.05) is 13.1 Å². The number of hydrogen-bond donors (Lipinski definition) is 0. The number of piperidine rings is 1. The van der Waals surface area contributed by atoms with Crippen molar-refractivity contribution >= 4 is 39.8 Å². The molecule has 1 nitrogen and oxygen atoms in total. The van der Waals surface area contributed by atoms with E-state index in [2.05, 4.69) is 51.8 Å². The van der Waals surface area contributed by atoms with Crippen LogP contribution in [0.2, 0.25) is 0 Å². The molecule has 1 aliphatic heterocycles. The van der Waals surface area contributed by atoms with Crippen LogP contribution in [-0.2, 0) is 0 Å². The summed E-state index contributed by atoms with van der Waals surface area (Å²) in [5, 5.41) is 0. The fourth-order valence-corrected chi connectivity index (χ4v) is 2.55. The topological polar surface area (TPSA) is 3.24 Å². The Kier molecular flexibility index (Phi) is 3.97. The first-order chi connectivity index (χ1) is 7.27. The third-order valence-corrected chi connectivity index (χ3v) is 3.95. The normalized spacial score (nSPS) is 16.5. The maximum Gasteiger partial charge on any atom is 0.109 e. The molecule has 0 aliphatic carbocycles. The lowest BCUT2D eigenvalue weighted by Gasteiger charge is -2.29. The van der Waals surface area contributed by atoms with E-state index >= 15 is 0 Å². The van der Waals surface area contributed by atoms with Crippen molar-refractivity contribution in [2.45, 2.75) is 19.3 Å². The van der Waals surface area contributed by atoms with Gasteiger partial charge in [-0.25, -0.2) is 0 Å². The lowest BCUT2D eigenvalue weighted by atomic mass is 10.1. The molecule has 1 aromatic rings. The summed E-state index contributed by atoms with van der Waals surface area (Å²) in [6, 6.07) is 8.48. The zero-order valence-corrected chi connectivity index (χ0v) is 11.6. The van der Waals surface area contributed by atoms with Crippen molar-refractivity contribution in [2.24, 2.45) is 0 Å². The van der Waals surface area contributed by atoms with Gasteiger partial charge in [0.15, 0.2) is 0 Å². The first kappa shape index (κ1) is 11.3. The Morgan fingerprint density at radius 2 is 1.67 bits per heavy atom. The van der Waals surface area contributed by atoms with E-state index in [0.717, 1.165) is 18.1 Å². The van der Waals surface area contributed by atoms with Gasteiger partial charge < -0.3 is 4.90 Å². The zero-order valence-electron chi connectivity index (χ0n) is 8.58. The molecular weight excluding hydrogens is 317 g/mol. The minimum absolute atomic E-state index is 1.02. The van der Waals surface area contributed by atoms with Crippen LogP contribution in [0.1, 0.15) is 24.8 Å². The van der Waals surface area contributed by atoms with Gasteiger partial charge in [0.2, 0.25) is 0 Å². The number of rotatable bonds is 1. The van der Waals surface area contributed by atoms with Gasteiger partial charge >= 0.3 is 0 Å². The molecule has 0 amide bonds. The number of nitrogens with zero attached hydrogens (tertiary/aromatic N) is 1. The summed E-state index contributed by atoms with van der Waals surface area (Å²) in [4.78, 5) is 3.35. The summed E-state index contributed by atoms with van der Waals surface area (Å²) >= 11 is 7.82. The third-order valence-electron chi connectivity index (χ3n) is 2.73. The molecule has 1 saturated heterocycles. The van der Waals surface area contributed by atoms with Gasteiger partial charge in [-0.3, -0.25) is 0 Å². The Hall–Kier alpha value is -0.160. The van der Waals surface area contributed by atoms with Crippen molar-refractivity contribution in [1.29, 1.82) is 0 Å². The van der Waals surface area contributed by atoms with E-state index in [1.807, 2.05) is 0 Å². The van der Waals surface area contributed by atoms with Crippen LogP contribution in [-0.4, -0.2) is 23.0 Å². The van der Waals surface area contributed by atoms with E-state index in [4.69, 9.17) is 12.2 Å². The van der Waals surface area contributed by atoms with E-state index in [-0.39, 0.29) is 0 Å². The van der Waals surface area contributed by atoms with Gasteiger partial charge in [-0.05, 0) is 54.0 Å². The molecule has 0 spiro atoms. The van der Waals surface area contributed by atoms with Crippen molar-refractivity contribution < 1.29 is 0 Å². The minimum Gasteiger partial charge on any atom is -0.362 e. The number of benzene rings is 1. The molecule has 0 N–H and O–H groups in total. The number of hydrogen-bond acceptors (Lipinski definition) is 1. The average molecular weight is 331 g/mol. The van der Waals surface area contributed by atoms with Gasteiger partial charge in [-0.2, -0.15) is 0 Å². The summed E-state index contributed by atoms with van der Waals surface area (Å²) in [6.45, 7) is 2.26. The predicted octanol–water partition coefficient (Wildman–Crippen LogP) is 3.45. The van der Waals surface area contributed by atoms with E-state index in [9.17, 15) is 0 Å². The maximum absolute atomic E-state index is 5.51. The molecule has 15 heavy (non-hydrogen) atoms. The molecule has 1 aromatic carbocycles. The average Bonchev–Trinajstić information content (AvgIpc) is 2.30. The second kappa shape index (κ2) is 5.25. The Bertz CT molecular complexity index is 341. The maximum atomic E-state index is 5.51. The first-order valence-electron chi connectivity index (χ1n) is 5.32. The van der Waals surface area contributed by atoms with Crippen LogP contribution in [0.5, 0.6) is 0 Å². The van der Waals surface area contributed by atoms with Crippen LogP contribution in [0.15, 0.2) is 24.3 Å². The van der Waals surface area contributed by atoms with Crippen molar-refractivity contribution in [3.8, 4) is 0 Å². The van der Waals surface area contributed by atoms with Crippen LogP contribution >= 0.6 is 34.8 Å². The lowest BCUT2D eigenvalue weighted by molar-refractivity contribution is 0.347. The van der Waals surface area contributed by atoms with Crippen LogP contribution in [0.4, 0.5) is 0 Å². The van der Waals surface area contributed by atoms with E-state index in [1.165, 1.54) is 28.4 Å². The quantitative estimate of drug-likeness (QED) is 0.573. The lowest BCUT2D eigenvalue weighted by Crippen LogP contribution is -2.34. The van der Waals surface area contributed by atoms with Crippen LogP contribution < -0.4 is 0 Å². The van der Waals surface area contributed by atoms with Gasteiger partial charge in [0, 0.05) is 22.2 Å². The molecule has 1 heterocycles. The fourth-order valence-electron chi connectivity index (χ4n) is 1.87. The Balaban J connectivity index is 2.09. The largest absolute Gasteiger partial charge is 0.362 e. The molecule has 80 valence electrons. The van der Waals surface area contributed by atoms with Crippen LogP contribution in [0, 0.1) is 3.57 Å². The van der Waals surface area contributed by atoms with E-state index in [0.29, 0.717) is 0 Å². The first-order valence-corrected chi connectivity index (χ1v) is 6.81. The summed E-state index contributed by atoms with van der Waals surface area (Å²) in [7, 11) is 0. The van der Waals surface area contributed by atoms with Gasteiger partial charge in [-0.1, -0.05) is 24.4 Å². The predicted molar refractivity (Wildman–Crippen MR) is 76.3 cm³/mol. The minimum atomic E-state index is 1.02. The molecule has 2 rings (SSSR count). The Labute approximate surface area is 110 Å². The summed E-state index contributed by atoms with van der Waals surface area (Å²) in [5.41, 5.74) is 1.19. The standard InChI is InChI=1S/C12H14INS/c13-11-6-4-10(5-7-11)12(15)14-8-2-1-3-9-14/h4-7H,1-3,8-9H2. The summed E-state index contributed by atoms with van der Waals surface area (Å²) in [6.07, 6.45) is 3.92. The molecule has 3 heteroatoms. The van der Waals surface area contributed by atoms with Crippen molar-refractivity contribution in [3.63, 3.8) is 0 Å². The zero-order chi connectivity index (χ0) is 10.7. The molecule has 0 radical (unpaired) electrons. The highest BCUT2D eigenvalue weighted by atomic mass is 127. The molecular formula is C12H14INS. The number of likely N-dealkylation sites (tertiary alicyclic amines) is 1. The van der Waals surface area contributed by atoms with Crippen molar-refractivity contribution in [1.82, 2.24) is 4.90 Å². The molecule has 1 aliphatic rings. The van der Waals surface area contributed by atoms with E-state index < -0.39 is 0 Å². The smallest absolute Gasteiger partial charge is 0.109 e. The monoisotopic (exact) mass is 331 g/mol. The van der Waals surface area contributed by atoms with Gasteiger partial charge in [0.1, 0.15) is 4.99 Å². The fraction of sp³-hybridized carbons (Fsp3) is 0.417. The molecule has 0 atom stereocenters. The van der Waals surface area contributed by atoms with Gasteiger partial charge in [0.05, 0.1) is 0 Å². The second-order valence-electron chi connectivity index (χ2n) is 3.86. The second-order valence-corrected chi connectivity index (χ2v) is 5.49. The van der Waals surface area contributed by atoms with E-state index in [1.54, 1.807) is 0 Å². The molecule has 0 saturated carbocycles. The summed E-state index contributed by atoms with van der Waals surface area (Å²) in [5.74, 6) is 0. The highest BCUT2D eigenvalue weighted by Crippen LogP contribution is 2.15. The molecule has 0 unspecified atom stereocenters.